The monoisotopic (exact) mass is 184 g/mol. The second-order valence-electron chi connectivity index (χ2n) is 3.94. The Balaban J connectivity index is 0.000000396. The van der Waals surface area contributed by atoms with E-state index in [4.69, 9.17) is 0 Å². The summed E-state index contributed by atoms with van der Waals surface area (Å²) in [6.45, 7) is 7.78. The lowest BCUT2D eigenvalue weighted by atomic mass is 9.85. The minimum absolute atomic E-state index is 0.845. The summed E-state index contributed by atoms with van der Waals surface area (Å²) in [7, 11) is 2.27. The number of hydrogen-bond donors (Lipinski definition) is 1. The molecule has 0 bridgehead atoms. The summed E-state index contributed by atoms with van der Waals surface area (Å²) in [5, 5.41) is 3.47. The summed E-state index contributed by atoms with van der Waals surface area (Å²) in [5.41, 5.74) is 0. The van der Waals surface area contributed by atoms with E-state index in [1.165, 1.54) is 38.9 Å². The highest BCUT2D eigenvalue weighted by Gasteiger charge is 2.30. The van der Waals surface area contributed by atoms with E-state index in [9.17, 15) is 0 Å². The van der Waals surface area contributed by atoms with E-state index in [0.717, 1.165) is 12.0 Å². The Bertz CT molecular complexity index is 134. The molecule has 13 heavy (non-hydrogen) atoms. The van der Waals surface area contributed by atoms with Crippen molar-refractivity contribution in [1.82, 2.24) is 10.2 Å². The zero-order valence-electron chi connectivity index (χ0n) is 9.34. The SMILES string of the molecule is CC.CN1CCCC2CCNCC21. The molecule has 0 aliphatic carbocycles. The van der Waals surface area contributed by atoms with Gasteiger partial charge < -0.3 is 10.2 Å². The van der Waals surface area contributed by atoms with Gasteiger partial charge in [-0.1, -0.05) is 13.8 Å². The van der Waals surface area contributed by atoms with Gasteiger partial charge in [0.2, 0.25) is 0 Å². The molecule has 2 aliphatic rings. The molecule has 2 atom stereocenters. The van der Waals surface area contributed by atoms with Crippen LogP contribution < -0.4 is 5.32 Å². The number of likely N-dealkylation sites (tertiary alicyclic amines) is 1. The molecule has 0 amide bonds. The van der Waals surface area contributed by atoms with Crippen molar-refractivity contribution in [2.45, 2.75) is 39.2 Å². The zero-order valence-corrected chi connectivity index (χ0v) is 9.34. The van der Waals surface area contributed by atoms with E-state index in [1.807, 2.05) is 13.8 Å². The molecular formula is C11H24N2. The van der Waals surface area contributed by atoms with Crippen molar-refractivity contribution in [2.24, 2.45) is 5.92 Å². The molecule has 2 rings (SSSR count). The first kappa shape index (κ1) is 11.0. The summed E-state index contributed by atoms with van der Waals surface area (Å²) >= 11 is 0. The highest BCUT2D eigenvalue weighted by molar-refractivity contribution is 4.87. The number of nitrogens with zero attached hydrogens (tertiary/aromatic N) is 1. The number of likely N-dealkylation sites (N-methyl/N-ethyl adjacent to an activating group) is 1. The normalized spacial score (nSPS) is 34.4. The molecule has 2 heteroatoms. The predicted molar refractivity (Wildman–Crippen MR) is 58.0 cm³/mol. The molecule has 0 aromatic rings. The maximum absolute atomic E-state index is 3.47. The first-order chi connectivity index (χ1) is 6.38. The van der Waals surface area contributed by atoms with Crippen molar-refractivity contribution in [1.29, 1.82) is 0 Å². The van der Waals surface area contributed by atoms with Gasteiger partial charge >= 0.3 is 0 Å². The second kappa shape index (κ2) is 5.61. The molecule has 78 valence electrons. The van der Waals surface area contributed by atoms with Gasteiger partial charge in [-0.25, -0.2) is 0 Å². The average molecular weight is 184 g/mol. The fourth-order valence-electron chi connectivity index (χ4n) is 2.52. The molecule has 0 aromatic heterocycles. The third-order valence-corrected chi connectivity index (χ3v) is 3.24. The quantitative estimate of drug-likeness (QED) is 0.616. The van der Waals surface area contributed by atoms with E-state index in [1.54, 1.807) is 0 Å². The molecule has 2 saturated heterocycles. The molecule has 0 radical (unpaired) electrons. The average Bonchev–Trinajstić information content (AvgIpc) is 2.22. The summed E-state index contributed by atoms with van der Waals surface area (Å²) < 4.78 is 0. The summed E-state index contributed by atoms with van der Waals surface area (Å²) in [6.07, 6.45) is 4.28. The van der Waals surface area contributed by atoms with Crippen LogP contribution in [0.15, 0.2) is 0 Å². The van der Waals surface area contributed by atoms with Crippen LogP contribution in [0, 0.1) is 5.92 Å². The third-order valence-electron chi connectivity index (χ3n) is 3.24. The van der Waals surface area contributed by atoms with Gasteiger partial charge in [0, 0.05) is 12.6 Å². The summed E-state index contributed by atoms with van der Waals surface area (Å²) in [6, 6.07) is 0.845. The van der Waals surface area contributed by atoms with Crippen molar-refractivity contribution < 1.29 is 0 Å². The van der Waals surface area contributed by atoms with Gasteiger partial charge in [0.1, 0.15) is 0 Å². The number of fused-ring (bicyclic) bond motifs is 1. The molecule has 2 nitrogen and oxygen atoms in total. The second-order valence-corrected chi connectivity index (χ2v) is 3.94. The lowest BCUT2D eigenvalue weighted by molar-refractivity contribution is 0.0945. The zero-order chi connectivity index (χ0) is 9.68. The fraction of sp³-hybridized carbons (Fsp3) is 1.00. The summed E-state index contributed by atoms with van der Waals surface area (Å²) in [4.78, 5) is 2.53. The number of hydrogen-bond acceptors (Lipinski definition) is 2. The number of piperidine rings is 2. The third kappa shape index (κ3) is 2.68. The van der Waals surface area contributed by atoms with E-state index in [2.05, 4.69) is 17.3 Å². The molecule has 0 aromatic carbocycles. The topological polar surface area (TPSA) is 15.3 Å². The molecule has 1 N–H and O–H groups in total. The Labute approximate surface area is 82.7 Å². The van der Waals surface area contributed by atoms with Gasteiger partial charge in [-0.3, -0.25) is 0 Å². The Kier molecular flexibility index (Phi) is 4.74. The lowest BCUT2D eigenvalue weighted by Crippen LogP contribution is -2.52. The summed E-state index contributed by atoms with van der Waals surface area (Å²) in [5.74, 6) is 0.995. The minimum atomic E-state index is 0.845. The molecule has 2 heterocycles. The highest BCUT2D eigenvalue weighted by Crippen LogP contribution is 2.26. The van der Waals surface area contributed by atoms with E-state index >= 15 is 0 Å². The Hall–Kier alpha value is -0.0800. The van der Waals surface area contributed by atoms with Crippen LogP contribution in [0.4, 0.5) is 0 Å². The molecule has 0 saturated carbocycles. The van der Waals surface area contributed by atoms with Crippen LogP contribution in [0.25, 0.3) is 0 Å². The predicted octanol–water partition coefficient (Wildman–Crippen LogP) is 1.72. The van der Waals surface area contributed by atoms with Crippen molar-refractivity contribution in [3.8, 4) is 0 Å². The van der Waals surface area contributed by atoms with Crippen LogP contribution in [0.2, 0.25) is 0 Å². The van der Waals surface area contributed by atoms with Crippen LogP contribution in [0.3, 0.4) is 0 Å². The first-order valence-corrected chi connectivity index (χ1v) is 5.79. The Morgan fingerprint density at radius 2 is 2.00 bits per heavy atom. The van der Waals surface area contributed by atoms with Crippen LogP contribution in [-0.4, -0.2) is 37.6 Å². The van der Waals surface area contributed by atoms with Gasteiger partial charge in [0.05, 0.1) is 0 Å². The largest absolute Gasteiger partial charge is 0.315 e. The molecule has 2 aliphatic heterocycles. The van der Waals surface area contributed by atoms with Crippen molar-refractivity contribution in [3.63, 3.8) is 0 Å². The number of nitrogens with one attached hydrogen (secondary N) is 1. The Morgan fingerprint density at radius 3 is 2.69 bits per heavy atom. The standard InChI is InChI=1S/C9H18N2.C2H6/c1-11-6-2-3-8-4-5-10-7-9(8)11;1-2/h8-10H,2-7H2,1H3;1-2H3. The highest BCUT2D eigenvalue weighted by atomic mass is 15.2. The number of rotatable bonds is 0. The van der Waals surface area contributed by atoms with Gasteiger partial charge in [-0.15, -0.1) is 0 Å². The van der Waals surface area contributed by atoms with Gasteiger partial charge in [-0.2, -0.15) is 0 Å². The van der Waals surface area contributed by atoms with E-state index < -0.39 is 0 Å². The lowest BCUT2D eigenvalue weighted by Gasteiger charge is -2.42. The molecular weight excluding hydrogens is 160 g/mol. The van der Waals surface area contributed by atoms with Gasteiger partial charge in [0.25, 0.3) is 0 Å². The van der Waals surface area contributed by atoms with Gasteiger partial charge in [-0.05, 0) is 45.3 Å². The van der Waals surface area contributed by atoms with Crippen molar-refractivity contribution in [2.75, 3.05) is 26.7 Å². The van der Waals surface area contributed by atoms with E-state index in [0.29, 0.717) is 0 Å². The van der Waals surface area contributed by atoms with Crippen LogP contribution in [-0.2, 0) is 0 Å². The first-order valence-electron chi connectivity index (χ1n) is 5.79. The maximum Gasteiger partial charge on any atom is 0.0246 e. The van der Waals surface area contributed by atoms with Gasteiger partial charge in [0.15, 0.2) is 0 Å². The molecule has 2 unspecified atom stereocenters. The van der Waals surface area contributed by atoms with Crippen LogP contribution >= 0.6 is 0 Å². The van der Waals surface area contributed by atoms with Crippen molar-refractivity contribution in [3.05, 3.63) is 0 Å². The molecule has 2 fully saturated rings. The smallest absolute Gasteiger partial charge is 0.0246 e. The maximum atomic E-state index is 3.47. The Morgan fingerprint density at radius 1 is 1.23 bits per heavy atom. The van der Waals surface area contributed by atoms with Crippen LogP contribution in [0.5, 0.6) is 0 Å². The van der Waals surface area contributed by atoms with Crippen molar-refractivity contribution >= 4 is 0 Å². The fourth-order valence-corrected chi connectivity index (χ4v) is 2.52. The minimum Gasteiger partial charge on any atom is -0.315 e. The van der Waals surface area contributed by atoms with Crippen LogP contribution in [0.1, 0.15) is 33.1 Å². The van der Waals surface area contributed by atoms with E-state index in [-0.39, 0.29) is 0 Å². The molecule has 0 spiro atoms.